The van der Waals surface area contributed by atoms with Crippen molar-refractivity contribution in [3.8, 4) is 17.1 Å². The molecule has 0 radical (unpaired) electrons. The van der Waals surface area contributed by atoms with Gasteiger partial charge in [0, 0.05) is 37.7 Å². The molecule has 28 heavy (non-hydrogen) atoms. The van der Waals surface area contributed by atoms with Gasteiger partial charge in [-0.3, -0.25) is 4.90 Å². The Hall–Kier alpha value is -2.90. The van der Waals surface area contributed by atoms with E-state index in [0.29, 0.717) is 17.3 Å². The van der Waals surface area contributed by atoms with E-state index in [4.69, 9.17) is 17.3 Å². The van der Waals surface area contributed by atoms with Crippen molar-refractivity contribution < 1.29 is 5.11 Å². The highest BCUT2D eigenvalue weighted by Gasteiger charge is 2.21. The van der Waals surface area contributed by atoms with Crippen LogP contribution in [0.3, 0.4) is 0 Å². The highest BCUT2D eigenvalue weighted by Crippen LogP contribution is 2.27. The van der Waals surface area contributed by atoms with Crippen LogP contribution in [0.1, 0.15) is 5.56 Å². The molecule has 3 aromatic rings. The summed E-state index contributed by atoms with van der Waals surface area (Å²) in [5, 5.41) is 10.9. The van der Waals surface area contributed by atoms with Gasteiger partial charge in [-0.25, -0.2) is 0 Å². The Morgan fingerprint density at radius 1 is 0.929 bits per heavy atom. The minimum absolute atomic E-state index is 0.114. The summed E-state index contributed by atoms with van der Waals surface area (Å²) in [7, 11) is 0. The third kappa shape index (κ3) is 4.00. The Balaban J connectivity index is 1.48. The van der Waals surface area contributed by atoms with E-state index in [1.54, 1.807) is 18.2 Å². The van der Waals surface area contributed by atoms with Crippen molar-refractivity contribution in [3.63, 3.8) is 0 Å². The van der Waals surface area contributed by atoms with Gasteiger partial charge in [-0.2, -0.15) is 15.0 Å². The molecule has 0 spiro atoms. The molecule has 2 heterocycles. The Labute approximate surface area is 168 Å². The number of rotatable bonds is 4. The molecular weight excluding hydrogens is 376 g/mol. The van der Waals surface area contributed by atoms with Crippen molar-refractivity contribution in [1.82, 2.24) is 19.9 Å². The van der Waals surface area contributed by atoms with Gasteiger partial charge in [0.05, 0.1) is 5.56 Å². The van der Waals surface area contributed by atoms with Gasteiger partial charge in [0.25, 0.3) is 0 Å². The monoisotopic (exact) mass is 396 g/mol. The molecule has 0 atom stereocenters. The summed E-state index contributed by atoms with van der Waals surface area (Å²) in [4.78, 5) is 17.5. The number of halogens is 1. The van der Waals surface area contributed by atoms with Crippen LogP contribution in [-0.4, -0.2) is 51.1 Å². The summed E-state index contributed by atoms with van der Waals surface area (Å²) in [5.41, 5.74) is 7.57. The molecule has 2 aromatic carbocycles. The number of phenols is 1. The summed E-state index contributed by atoms with van der Waals surface area (Å²) in [6.07, 6.45) is 0. The normalized spacial score (nSPS) is 15.0. The first-order valence-corrected chi connectivity index (χ1v) is 9.48. The lowest BCUT2D eigenvalue weighted by atomic mass is 10.2. The first kappa shape index (κ1) is 18.5. The molecule has 1 aliphatic heterocycles. The number of nitrogens with zero attached hydrogens (tertiary/aromatic N) is 5. The molecule has 144 valence electrons. The number of hydrogen-bond acceptors (Lipinski definition) is 7. The Morgan fingerprint density at radius 3 is 2.39 bits per heavy atom. The number of benzene rings is 2. The van der Waals surface area contributed by atoms with Crippen molar-refractivity contribution in [2.75, 3.05) is 36.8 Å². The third-order valence-electron chi connectivity index (χ3n) is 4.79. The van der Waals surface area contributed by atoms with Crippen LogP contribution in [-0.2, 0) is 6.54 Å². The highest BCUT2D eigenvalue weighted by molar-refractivity contribution is 6.31. The second-order valence-corrected chi connectivity index (χ2v) is 7.10. The van der Waals surface area contributed by atoms with Gasteiger partial charge in [-0.1, -0.05) is 41.9 Å². The standard InChI is InChI=1S/C20H21ClN6O/c21-16-7-3-1-5-14(16)13-26-9-11-27(12-10-26)20-24-18(23-19(22)25-20)15-6-2-4-8-17(15)28/h1-8,28H,9-13H2,(H2,22,23,24,25). The van der Waals surface area contributed by atoms with Gasteiger partial charge in [0.1, 0.15) is 5.75 Å². The fraction of sp³-hybridized carbons (Fsp3) is 0.250. The topological polar surface area (TPSA) is 91.4 Å². The average molecular weight is 397 g/mol. The SMILES string of the molecule is Nc1nc(-c2ccccc2O)nc(N2CCN(Cc3ccccc3Cl)CC2)n1. The van der Waals surface area contributed by atoms with Crippen molar-refractivity contribution in [1.29, 1.82) is 0 Å². The van der Waals surface area contributed by atoms with E-state index >= 15 is 0 Å². The fourth-order valence-electron chi connectivity index (χ4n) is 3.28. The maximum Gasteiger partial charge on any atom is 0.230 e. The number of phenolic OH excluding ortho intramolecular Hbond substituents is 1. The van der Waals surface area contributed by atoms with Gasteiger partial charge in [-0.15, -0.1) is 0 Å². The number of nitrogen functional groups attached to an aromatic ring is 1. The van der Waals surface area contributed by atoms with Gasteiger partial charge in [0.2, 0.25) is 11.9 Å². The lowest BCUT2D eigenvalue weighted by Crippen LogP contribution is -2.46. The van der Waals surface area contributed by atoms with Crippen LogP contribution in [0.4, 0.5) is 11.9 Å². The molecule has 1 aliphatic rings. The lowest BCUT2D eigenvalue weighted by molar-refractivity contribution is 0.249. The predicted molar refractivity (Wildman–Crippen MR) is 110 cm³/mol. The van der Waals surface area contributed by atoms with Crippen molar-refractivity contribution in [2.45, 2.75) is 6.54 Å². The molecule has 8 heteroatoms. The van der Waals surface area contributed by atoms with E-state index in [-0.39, 0.29) is 11.7 Å². The number of nitrogens with two attached hydrogens (primary N) is 1. The second-order valence-electron chi connectivity index (χ2n) is 6.69. The van der Waals surface area contributed by atoms with E-state index in [0.717, 1.165) is 43.3 Å². The minimum atomic E-state index is 0.114. The van der Waals surface area contributed by atoms with E-state index in [1.165, 1.54) is 0 Å². The first-order valence-electron chi connectivity index (χ1n) is 9.11. The molecule has 7 nitrogen and oxygen atoms in total. The first-order chi connectivity index (χ1) is 13.6. The Kier molecular flexibility index (Phi) is 5.27. The van der Waals surface area contributed by atoms with Gasteiger partial charge in [0.15, 0.2) is 5.82 Å². The van der Waals surface area contributed by atoms with Gasteiger partial charge in [-0.05, 0) is 23.8 Å². The molecule has 0 bridgehead atoms. The maximum absolute atomic E-state index is 10.1. The van der Waals surface area contributed by atoms with Crippen LogP contribution < -0.4 is 10.6 Å². The van der Waals surface area contributed by atoms with Crippen molar-refractivity contribution in [2.24, 2.45) is 0 Å². The zero-order valence-corrected chi connectivity index (χ0v) is 16.0. The van der Waals surface area contributed by atoms with Gasteiger partial charge < -0.3 is 15.7 Å². The van der Waals surface area contributed by atoms with Gasteiger partial charge >= 0.3 is 0 Å². The molecular formula is C20H21ClN6O. The quantitative estimate of drug-likeness (QED) is 0.700. The maximum atomic E-state index is 10.1. The summed E-state index contributed by atoms with van der Waals surface area (Å²) in [5.74, 6) is 1.16. The zero-order chi connectivity index (χ0) is 19.5. The summed E-state index contributed by atoms with van der Waals surface area (Å²) >= 11 is 6.28. The van der Waals surface area contributed by atoms with Crippen molar-refractivity contribution in [3.05, 3.63) is 59.1 Å². The molecule has 0 amide bonds. The van der Waals surface area contributed by atoms with E-state index in [9.17, 15) is 5.11 Å². The number of para-hydroxylation sites is 1. The molecule has 4 rings (SSSR count). The predicted octanol–water partition coefficient (Wildman–Crippen LogP) is 2.80. The molecule has 3 N–H and O–H groups in total. The lowest BCUT2D eigenvalue weighted by Gasteiger charge is -2.34. The van der Waals surface area contributed by atoms with Crippen LogP contribution >= 0.6 is 11.6 Å². The minimum Gasteiger partial charge on any atom is -0.507 e. The number of aromatic hydroxyl groups is 1. The molecule has 1 aromatic heterocycles. The Morgan fingerprint density at radius 2 is 1.64 bits per heavy atom. The largest absolute Gasteiger partial charge is 0.507 e. The second kappa shape index (κ2) is 8.00. The molecule has 0 aliphatic carbocycles. The van der Waals surface area contributed by atoms with Crippen LogP contribution in [0.5, 0.6) is 5.75 Å². The smallest absolute Gasteiger partial charge is 0.230 e. The summed E-state index contributed by atoms with van der Waals surface area (Å²) in [6.45, 7) is 4.09. The Bertz CT molecular complexity index is 974. The van der Waals surface area contributed by atoms with Crippen LogP contribution in [0.15, 0.2) is 48.5 Å². The van der Waals surface area contributed by atoms with E-state index in [2.05, 4.69) is 30.8 Å². The van der Waals surface area contributed by atoms with Crippen LogP contribution in [0.25, 0.3) is 11.4 Å². The van der Waals surface area contributed by atoms with E-state index in [1.807, 2.05) is 24.3 Å². The third-order valence-corrected chi connectivity index (χ3v) is 5.16. The summed E-state index contributed by atoms with van der Waals surface area (Å²) < 4.78 is 0. The fourth-order valence-corrected chi connectivity index (χ4v) is 3.47. The van der Waals surface area contributed by atoms with Crippen molar-refractivity contribution >= 4 is 23.5 Å². The highest BCUT2D eigenvalue weighted by atomic mass is 35.5. The number of anilines is 2. The molecule has 0 saturated carbocycles. The number of hydrogen-bond donors (Lipinski definition) is 2. The van der Waals surface area contributed by atoms with Crippen LogP contribution in [0.2, 0.25) is 5.02 Å². The average Bonchev–Trinajstić information content (AvgIpc) is 2.70. The zero-order valence-electron chi connectivity index (χ0n) is 15.3. The molecule has 0 unspecified atom stereocenters. The molecule has 1 saturated heterocycles. The number of piperazine rings is 1. The summed E-state index contributed by atoms with van der Waals surface area (Å²) in [6, 6.07) is 14.9. The molecule has 1 fully saturated rings. The number of aromatic nitrogens is 3. The van der Waals surface area contributed by atoms with Crippen LogP contribution in [0, 0.1) is 0 Å². The van der Waals surface area contributed by atoms with E-state index < -0.39 is 0 Å².